The van der Waals surface area contributed by atoms with Gasteiger partial charge in [0.25, 0.3) is 0 Å². The highest BCUT2D eigenvalue weighted by Crippen LogP contribution is 2.15. The Hall–Kier alpha value is -2.87. The first-order chi connectivity index (χ1) is 11.3. The first-order valence-electron chi connectivity index (χ1n) is 7.61. The predicted octanol–water partition coefficient (Wildman–Crippen LogP) is 5.61. The van der Waals surface area contributed by atoms with Crippen molar-refractivity contribution in [3.8, 4) is 0 Å². The Morgan fingerprint density at radius 3 is 2.26 bits per heavy atom. The van der Waals surface area contributed by atoms with E-state index >= 15 is 0 Å². The van der Waals surface area contributed by atoms with Crippen LogP contribution in [0.25, 0.3) is 12.2 Å². The molecule has 0 unspecified atom stereocenters. The topological polar surface area (TPSA) is 12.0 Å². The molecule has 114 valence electrons. The average Bonchev–Trinajstić information content (AvgIpc) is 2.61. The van der Waals surface area contributed by atoms with Gasteiger partial charge in [-0.25, -0.2) is 4.39 Å². The molecule has 0 fully saturated rings. The van der Waals surface area contributed by atoms with Gasteiger partial charge in [-0.15, -0.1) is 0 Å². The molecule has 0 radical (unpaired) electrons. The van der Waals surface area contributed by atoms with E-state index in [1.54, 1.807) is 12.1 Å². The van der Waals surface area contributed by atoms with Crippen molar-refractivity contribution in [3.63, 3.8) is 0 Å². The van der Waals surface area contributed by atoms with Crippen molar-refractivity contribution in [3.05, 3.63) is 101 Å². The SMILES string of the molecule is Fc1ccc(/C=C/c2cccc(NCc3ccccc3)c2)cc1. The van der Waals surface area contributed by atoms with Gasteiger partial charge in [0, 0.05) is 12.2 Å². The average molecular weight is 303 g/mol. The number of halogens is 1. The Morgan fingerprint density at radius 1 is 0.739 bits per heavy atom. The summed E-state index contributed by atoms with van der Waals surface area (Å²) in [5, 5.41) is 3.42. The monoisotopic (exact) mass is 303 g/mol. The molecule has 3 aromatic carbocycles. The van der Waals surface area contributed by atoms with E-state index in [0.29, 0.717) is 0 Å². The van der Waals surface area contributed by atoms with E-state index in [2.05, 4.69) is 29.6 Å². The van der Waals surface area contributed by atoms with Crippen molar-refractivity contribution in [2.75, 3.05) is 5.32 Å². The molecule has 3 rings (SSSR count). The first kappa shape index (κ1) is 15.0. The van der Waals surface area contributed by atoms with E-state index in [-0.39, 0.29) is 5.82 Å². The van der Waals surface area contributed by atoms with E-state index in [1.807, 2.05) is 42.5 Å². The second-order valence-electron chi connectivity index (χ2n) is 5.35. The molecule has 0 aliphatic heterocycles. The summed E-state index contributed by atoms with van der Waals surface area (Å²) in [6.45, 7) is 0.798. The van der Waals surface area contributed by atoms with Crippen molar-refractivity contribution < 1.29 is 4.39 Å². The zero-order chi connectivity index (χ0) is 15.9. The lowest BCUT2D eigenvalue weighted by Crippen LogP contribution is -1.98. The van der Waals surface area contributed by atoms with Crippen LogP contribution in [0.2, 0.25) is 0 Å². The lowest BCUT2D eigenvalue weighted by atomic mass is 10.1. The Labute approximate surface area is 136 Å². The van der Waals surface area contributed by atoms with E-state index in [1.165, 1.54) is 17.7 Å². The molecule has 1 N–H and O–H groups in total. The highest BCUT2D eigenvalue weighted by molar-refractivity contribution is 5.71. The van der Waals surface area contributed by atoms with Crippen LogP contribution in [-0.2, 0) is 6.54 Å². The van der Waals surface area contributed by atoms with Crippen LogP contribution in [0.1, 0.15) is 16.7 Å². The van der Waals surface area contributed by atoms with Crippen molar-refractivity contribution in [1.82, 2.24) is 0 Å². The molecule has 0 amide bonds. The maximum Gasteiger partial charge on any atom is 0.123 e. The summed E-state index contributed by atoms with van der Waals surface area (Å²) in [6, 6.07) is 25.0. The minimum Gasteiger partial charge on any atom is -0.381 e. The molecule has 0 spiro atoms. The molecule has 0 aliphatic carbocycles. The van der Waals surface area contributed by atoms with Crippen LogP contribution in [0, 0.1) is 5.82 Å². The van der Waals surface area contributed by atoms with Gasteiger partial charge in [0.15, 0.2) is 0 Å². The van der Waals surface area contributed by atoms with Crippen LogP contribution < -0.4 is 5.32 Å². The van der Waals surface area contributed by atoms with Gasteiger partial charge < -0.3 is 5.32 Å². The van der Waals surface area contributed by atoms with Gasteiger partial charge >= 0.3 is 0 Å². The summed E-state index contributed by atoms with van der Waals surface area (Å²) in [5.41, 5.74) is 4.41. The molecular formula is C21H18FN. The number of anilines is 1. The summed E-state index contributed by atoms with van der Waals surface area (Å²) in [6.07, 6.45) is 4.01. The van der Waals surface area contributed by atoms with Crippen molar-refractivity contribution in [2.45, 2.75) is 6.54 Å². The smallest absolute Gasteiger partial charge is 0.123 e. The molecule has 3 aromatic rings. The zero-order valence-electron chi connectivity index (χ0n) is 12.7. The third kappa shape index (κ3) is 4.55. The predicted molar refractivity (Wildman–Crippen MR) is 95.5 cm³/mol. The van der Waals surface area contributed by atoms with Gasteiger partial charge in [-0.05, 0) is 41.0 Å². The van der Waals surface area contributed by atoms with Gasteiger partial charge in [-0.2, -0.15) is 0 Å². The highest BCUT2D eigenvalue weighted by Gasteiger charge is 1.95. The molecule has 2 heteroatoms. The Morgan fingerprint density at radius 2 is 1.48 bits per heavy atom. The molecule has 0 atom stereocenters. The van der Waals surface area contributed by atoms with Gasteiger partial charge in [-0.1, -0.05) is 66.7 Å². The second kappa shape index (κ2) is 7.41. The normalized spacial score (nSPS) is 10.8. The van der Waals surface area contributed by atoms with Crippen LogP contribution in [0.3, 0.4) is 0 Å². The van der Waals surface area contributed by atoms with Crippen molar-refractivity contribution in [2.24, 2.45) is 0 Å². The lowest BCUT2D eigenvalue weighted by Gasteiger charge is -2.07. The Bertz CT molecular complexity index is 776. The van der Waals surface area contributed by atoms with Crippen LogP contribution in [0.4, 0.5) is 10.1 Å². The molecular weight excluding hydrogens is 285 g/mol. The fraction of sp³-hybridized carbons (Fsp3) is 0.0476. The fourth-order valence-corrected chi connectivity index (χ4v) is 2.32. The Kier molecular flexibility index (Phi) is 4.85. The third-order valence-corrected chi connectivity index (χ3v) is 3.56. The number of benzene rings is 3. The standard InChI is InChI=1S/C21H18FN/c22-20-13-11-17(12-14-20)9-10-18-7-4-8-21(15-18)23-16-19-5-2-1-3-6-19/h1-15,23H,16H2/b10-9+. The summed E-state index contributed by atoms with van der Waals surface area (Å²) in [4.78, 5) is 0. The highest BCUT2D eigenvalue weighted by atomic mass is 19.1. The van der Waals surface area contributed by atoms with E-state index in [4.69, 9.17) is 0 Å². The number of hydrogen-bond donors (Lipinski definition) is 1. The van der Waals surface area contributed by atoms with Gasteiger partial charge in [0.05, 0.1) is 0 Å². The van der Waals surface area contributed by atoms with Crippen LogP contribution in [0.15, 0.2) is 78.9 Å². The quantitative estimate of drug-likeness (QED) is 0.604. The van der Waals surface area contributed by atoms with Gasteiger partial charge in [0.1, 0.15) is 5.82 Å². The largest absolute Gasteiger partial charge is 0.381 e. The van der Waals surface area contributed by atoms with Crippen molar-refractivity contribution in [1.29, 1.82) is 0 Å². The molecule has 0 bridgehead atoms. The molecule has 0 saturated carbocycles. The van der Waals surface area contributed by atoms with Gasteiger partial charge in [0.2, 0.25) is 0 Å². The maximum atomic E-state index is 12.9. The number of nitrogens with one attached hydrogen (secondary N) is 1. The van der Waals surface area contributed by atoms with Crippen LogP contribution >= 0.6 is 0 Å². The van der Waals surface area contributed by atoms with E-state index < -0.39 is 0 Å². The number of hydrogen-bond acceptors (Lipinski definition) is 1. The van der Waals surface area contributed by atoms with E-state index in [0.717, 1.165) is 23.4 Å². The molecule has 1 nitrogen and oxygen atoms in total. The summed E-state index contributed by atoms with van der Waals surface area (Å²) in [7, 11) is 0. The summed E-state index contributed by atoms with van der Waals surface area (Å²) in [5.74, 6) is -0.214. The number of rotatable bonds is 5. The van der Waals surface area contributed by atoms with Crippen LogP contribution in [-0.4, -0.2) is 0 Å². The third-order valence-electron chi connectivity index (χ3n) is 3.56. The molecule has 0 aromatic heterocycles. The minimum absolute atomic E-state index is 0.214. The molecule has 0 aliphatic rings. The molecule has 0 saturated heterocycles. The zero-order valence-corrected chi connectivity index (χ0v) is 12.7. The fourth-order valence-electron chi connectivity index (χ4n) is 2.32. The Balaban J connectivity index is 1.66. The van der Waals surface area contributed by atoms with Gasteiger partial charge in [-0.3, -0.25) is 0 Å². The first-order valence-corrected chi connectivity index (χ1v) is 7.61. The minimum atomic E-state index is -0.214. The molecule has 0 heterocycles. The lowest BCUT2D eigenvalue weighted by molar-refractivity contribution is 0.628. The summed E-state index contributed by atoms with van der Waals surface area (Å²) < 4.78 is 12.9. The maximum absolute atomic E-state index is 12.9. The van der Waals surface area contributed by atoms with Crippen LogP contribution in [0.5, 0.6) is 0 Å². The second-order valence-corrected chi connectivity index (χ2v) is 5.35. The molecule has 23 heavy (non-hydrogen) atoms. The van der Waals surface area contributed by atoms with Crippen molar-refractivity contribution >= 4 is 17.8 Å². The summed E-state index contributed by atoms with van der Waals surface area (Å²) >= 11 is 0. The van der Waals surface area contributed by atoms with E-state index in [9.17, 15) is 4.39 Å².